The van der Waals surface area contributed by atoms with Crippen molar-refractivity contribution >= 4 is 45.4 Å². The van der Waals surface area contributed by atoms with Crippen molar-refractivity contribution in [2.24, 2.45) is 0 Å². The van der Waals surface area contributed by atoms with Gasteiger partial charge >= 0.3 is 77.1 Å². The van der Waals surface area contributed by atoms with Gasteiger partial charge in [0.15, 0.2) is 0 Å². The molecular formula is C25H42N4Na2O15P2. The van der Waals surface area contributed by atoms with Gasteiger partial charge in [0.2, 0.25) is 11.8 Å². The molecule has 19 nitrogen and oxygen atoms in total. The van der Waals surface area contributed by atoms with Crippen molar-refractivity contribution in [1.82, 2.24) is 21.3 Å². The summed E-state index contributed by atoms with van der Waals surface area (Å²) in [6, 6.07) is -2.93. The summed E-state index contributed by atoms with van der Waals surface area (Å²) in [5.41, 5.74) is 0. The van der Waals surface area contributed by atoms with E-state index in [9.17, 15) is 42.9 Å². The van der Waals surface area contributed by atoms with Crippen LogP contribution in [0.15, 0.2) is 24.3 Å². The Hall–Kier alpha value is -1.15. The van der Waals surface area contributed by atoms with E-state index in [0.29, 0.717) is 0 Å². The van der Waals surface area contributed by atoms with Crippen LogP contribution in [0.1, 0.15) is 41.5 Å². The van der Waals surface area contributed by atoms with Crippen LogP contribution in [-0.2, 0) is 55.9 Å². The number of rotatable bonds is 22. The van der Waals surface area contributed by atoms with Crippen molar-refractivity contribution in [2.45, 2.75) is 65.8 Å². The molecule has 0 aromatic rings. The minimum atomic E-state index is -4.92. The first-order chi connectivity index (χ1) is 21.4. The van der Waals surface area contributed by atoms with E-state index < -0.39 is 96.1 Å². The van der Waals surface area contributed by atoms with Crippen LogP contribution in [0.3, 0.4) is 0 Å². The number of esters is 2. The Labute approximate surface area is 323 Å². The topological polar surface area (TPSA) is 269 Å². The van der Waals surface area contributed by atoms with E-state index >= 15 is 0 Å². The van der Waals surface area contributed by atoms with Gasteiger partial charge in [-0.25, -0.2) is 4.79 Å². The van der Waals surface area contributed by atoms with Crippen molar-refractivity contribution in [1.29, 1.82) is 0 Å². The number of phosphoric ester groups is 2. The van der Waals surface area contributed by atoms with Crippen LogP contribution >= 0.6 is 15.6 Å². The number of nitrogens with one attached hydrogen (secondary N) is 4. The van der Waals surface area contributed by atoms with Gasteiger partial charge in [0.1, 0.15) is 12.2 Å². The summed E-state index contributed by atoms with van der Waals surface area (Å²) in [7, 11) is -9.83. The number of hydrogen-bond donors (Lipinski definition) is 4. The number of carbonyl (C=O) groups excluding carboxylic acids is 5. The van der Waals surface area contributed by atoms with E-state index in [0.717, 1.165) is 13.8 Å². The summed E-state index contributed by atoms with van der Waals surface area (Å²) in [6.07, 6.45) is 3.88. The predicted octanol–water partition coefficient (Wildman–Crippen LogP) is -6.68. The zero-order valence-corrected chi connectivity index (χ0v) is 34.2. The summed E-state index contributed by atoms with van der Waals surface area (Å²) in [6.45, 7) is 4.93. The molecule has 0 saturated heterocycles. The number of carbonyl (C=O) groups is 5. The molecule has 0 aromatic heterocycles. The summed E-state index contributed by atoms with van der Waals surface area (Å²) in [5.74, 6) is -2.41. The van der Waals surface area contributed by atoms with Crippen LogP contribution in [0.25, 0.3) is 0 Å². The van der Waals surface area contributed by atoms with Crippen molar-refractivity contribution in [3.63, 3.8) is 0 Å². The molecule has 0 rings (SSSR count). The van der Waals surface area contributed by atoms with E-state index in [1.165, 1.54) is 38.2 Å². The largest absolute Gasteiger partial charge is 1.00 e. The number of amides is 4. The Morgan fingerprint density at radius 3 is 1.25 bits per heavy atom. The maximum atomic E-state index is 12.1. The number of allylic oxidation sites excluding steroid dienone is 2. The van der Waals surface area contributed by atoms with Crippen molar-refractivity contribution < 1.29 is 130 Å². The Morgan fingerprint density at radius 1 is 0.646 bits per heavy atom. The Morgan fingerprint density at radius 2 is 0.979 bits per heavy atom. The average Bonchev–Trinajstić information content (AvgIpc) is 2.92. The molecule has 0 aliphatic rings. The van der Waals surface area contributed by atoms with Gasteiger partial charge in [0.25, 0.3) is 15.6 Å². The third-order valence-electron chi connectivity index (χ3n) is 5.04. The third kappa shape index (κ3) is 26.7. The van der Waals surface area contributed by atoms with E-state index in [1.807, 2.05) is 0 Å². The molecule has 6 unspecified atom stereocenters. The minimum absolute atomic E-state index is 0. The second-order valence-electron chi connectivity index (χ2n) is 9.15. The van der Waals surface area contributed by atoms with Gasteiger partial charge in [-0.05, 0) is 26.0 Å². The van der Waals surface area contributed by atoms with Gasteiger partial charge in [0, 0.05) is 40.8 Å². The van der Waals surface area contributed by atoms with Crippen LogP contribution in [0.2, 0.25) is 0 Å². The van der Waals surface area contributed by atoms with Crippen LogP contribution in [0, 0.1) is 0 Å². The maximum Gasteiger partial charge on any atom is 1.00 e. The standard InChI is InChI=1S/C25H44N4O15P2.2Na/c1-7-9-23(43-19(5)32)21(28-17(3)30)15-41-45(35,36)39-13-11-26-25(34)27-12-14-40-46(37,38)42-16-22(29-18(4)31)24(10-8-2)44-20(6)33;;/h7-10,21-24H,11-16H2,1-6H3,(H,28,30)(H,29,31)(H,35,36)(H,37,38)(H2,26,27,34);;/q;2*+1/p-2/b9-7+,10-8+;;. The molecule has 0 bridgehead atoms. The fourth-order valence-corrected chi connectivity index (χ4v) is 4.82. The molecule has 4 N–H and O–H groups in total. The second-order valence-corrected chi connectivity index (χ2v) is 12.0. The van der Waals surface area contributed by atoms with Crippen LogP contribution in [0.4, 0.5) is 4.79 Å². The SMILES string of the molecule is C/C=C/C(OC(C)=O)C(COP(=O)([O-])OCCNC(=O)NCCOP(=O)([O-])OCC(NC(C)=O)C(/C=C/C)OC(C)=O)NC(C)=O.[Na+].[Na+]. The van der Waals surface area contributed by atoms with E-state index in [-0.39, 0.29) is 72.2 Å². The van der Waals surface area contributed by atoms with Crippen molar-refractivity contribution in [3.8, 4) is 0 Å². The normalized spacial score (nSPS) is 16.0. The van der Waals surface area contributed by atoms with E-state index in [2.05, 4.69) is 30.3 Å². The van der Waals surface area contributed by atoms with Crippen molar-refractivity contribution in [2.75, 3.05) is 39.5 Å². The zero-order valence-electron chi connectivity index (χ0n) is 28.4. The first-order valence-corrected chi connectivity index (χ1v) is 16.7. The fraction of sp³-hybridized carbons (Fsp3) is 0.640. The third-order valence-corrected chi connectivity index (χ3v) is 6.97. The molecule has 0 saturated carbocycles. The van der Waals surface area contributed by atoms with Gasteiger partial charge in [0.05, 0.1) is 38.5 Å². The Kier molecular flexibility index (Phi) is 29.4. The molecule has 0 fully saturated rings. The number of urea groups is 1. The molecule has 48 heavy (non-hydrogen) atoms. The molecule has 23 heteroatoms. The number of phosphoric acid groups is 2. The maximum absolute atomic E-state index is 12.1. The average molecular weight is 747 g/mol. The van der Waals surface area contributed by atoms with Crippen molar-refractivity contribution in [3.05, 3.63) is 24.3 Å². The smallest absolute Gasteiger partial charge is 0.756 e. The monoisotopic (exact) mass is 746 g/mol. The fourth-order valence-electron chi connectivity index (χ4n) is 3.36. The van der Waals surface area contributed by atoms with E-state index in [1.54, 1.807) is 13.8 Å². The summed E-state index contributed by atoms with van der Waals surface area (Å²) >= 11 is 0. The number of hydrogen-bond acceptors (Lipinski definition) is 15. The predicted molar refractivity (Wildman–Crippen MR) is 156 cm³/mol. The molecular weight excluding hydrogens is 704 g/mol. The summed E-state index contributed by atoms with van der Waals surface area (Å²) in [4.78, 5) is 81.9. The first-order valence-electron chi connectivity index (χ1n) is 13.8. The van der Waals surface area contributed by atoms with Crippen LogP contribution < -0.4 is 90.2 Å². The Bertz CT molecular complexity index is 1090. The van der Waals surface area contributed by atoms with Crippen LogP contribution in [-0.4, -0.2) is 93.6 Å². The first kappa shape index (κ1) is 51.2. The van der Waals surface area contributed by atoms with E-state index in [4.69, 9.17) is 18.5 Å². The summed E-state index contributed by atoms with van der Waals surface area (Å²) < 4.78 is 53.3. The Balaban J connectivity index is -0.0000101. The molecule has 4 amide bonds. The van der Waals surface area contributed by atoms with Gasteiger partial charge in [-0.1, -0.05) is 12.2 Å². The molecule has 6 atom stereocenters. The number of ether oxygens (including phenoxy) is 2. The molecule has 264 valence electrons. The molecule has 0 aromatic carbocycles. The summed E-state index contributed by atoms with van der Waals surface area (Å²) in [5, 5.41) is 9.38. The molecule has 0 aliphatic carbocycles. The minimum Gasteiger partial charge on any atom is -0.756 e. The van der Waals surface area contributed by atoms with Gasteiger partial charge in [-0.15, -0.1) is 0 Å². The van der Waals surface area contributed by atoms with Gasteiger partial charge in [-0.2, -0.15) is 0 Å². The van der Waals surface area contributed by atoms with Crippen LogP contribution in [0.5, 0.6) is 0 Å². The van der Waals surface area contributed by atoms with Gasteiger partial charge in [-0.3, -0.25) is 28.3 Å². The molecule has 0 aliphatic heterocycles. The quantitative estimate of drug-likeness (QED) is 0.0264. The molecule has 0 spiro atoms. The second kappa shape index (κ2) is 27.6. The van der Waals surface area contributed by atoms with Gasteiger partial charge < -0.3 is 58.6 Å². The molecule has 0 heterocycles. The molecule has 0 radical (unpaired) electrons. The zero-order chi connectivity index (χ0) is 35.3.